The Hall–Kier alpha value is -0.0800. The molecule has 1 aliphatic heterocycles. The van der Waals surface area contributed by atoms with E-state index in [-0.39, 0.29) is 0 Å². The van der Waals surface area contributed by atoms with Gasteiger partial charge in [-0.15, -0.1) is 0 Å². The highest BCUT2D eigenvalue weighted by Crippen LogP contribution is 2.29. The smallest absolute Gasteiger partial charge is 0.192 e. The van der Waals surface area contributed by atoms with E-state index in [4.69, 9.17) is 10.2 Å². The van der Waals surface area contributed by atoms with Crippen molar-refractivity contribution in [2.45, 2.75) is 24.7 Å². The van der Waals surface area contributed by atoms with Crippen LogP contribution in [-0.4, -0.2) is 47.8 Å². The molecule has 0 saturated carbocycles. The molecule has 1 saturated heterocycles. The van der Waals surface area contributed by atoms with Gasteiger partial charge in [0.1, 0.15) is 12.2 Å². The van der Waals surface area contributed by atoms with E-state index < -0.39 is 45.2 Å². The van der Waals surface area contributed by atoms with Gasteiger partial charge in [0, 0.05) is 0 Å². The normalized spacial score (nSPS) is 37.1. The van der Waals surface area contributed by atoms with Gasteiger partial charge < -0.3 is 34.0 Å². The standard InChI is InChI=1S/C6H12FO7P/c7-4-5(9)3(1-8)14-6(4)13-2-15(10,11)12/h3-6,8-9H,1-2H2,(H2,10,11,12)/p-2/t3-,4+,5-,6-/m1/s1. The van der Waals surface area contributed by atoms with E-state index in [1.54, 1.807) is 0 Å². The molecule has 2 N–H and O–H groups in total. The summed E-state index contributed by atoms with van der Waals surface area (Å²) in [5.74, 6) is 0. The van der Waals surface area contributed by atoms with Crippen molar-refractivity contribution in [2.24, 2.45) is 0 Å². The van der Waals surface area contributed by atoms with E-state index in [0.29, 0.717) is 0 Å². The molecule has 0 aromatic carbocycles. The van der Waals surface area contributed by atoms with E-state index in [2.05, 4.69) is 9.47 Å². The summed E-state index contributed by atoms with van der Waals surface area (Å²) in [6, 6.07) is 0. The molecule has 0 amide bonds. The monoisotopic (exact) mass is 244 g/mol. The molecule has 0 spiro atoms. The fraction of sp³-hybridized carbons (Fsp3) is 1.00. The van der Waals surface area contributed by atoms with E-state index >= 15 is 0 Å². The zero-order chi connectivity index (χ0) is 11.6. The van der Waals surface area contributed by atoms with Crippen molar-refractivity contribution in [1.29, 1.82) is 0 Å². The number of aliphatic hydroxyl groups is 2. The Kier molecular flexibility index (Phi) is 4.19. The number of halogens is 1. The number of alkyl halides is 1. The van der Waals surface area contributed by atoms with Gasteiger partial charge in [-0.25, -0.2) is 4.39 Å². The summed E-state index contributed by atoms with van der Waals surface area (Å²) in [5.41, 5.74) is 0. The first kappa shape index (κ1) is 13.0. The van der Waals surface area contributed by atoms with Crippen LogP contribution in [0.25, 0.3) is 0 Å². The van der Waals surface area contributed by atoms with E-state index in [0.717, 1.165) is 0 Å². The summed E-state index contributed by atoms with van der Waals surface area (Å²) < 4.78 is 32.2. The summed E-state index contributed by atoms with van der Waals surface area (Å²) in [6.07, 6.45) is -7.63. The lowest BCUT2D eigenvalue weighted by Gasteiger charge is -2.30. The minimum absolute atomic E-state index is 0.631. The van der Waals surface area contributed by atoms with Crippen LogP contribution in [0.15, 0.2) is 0 Å². The van der Waals surface area contributed by atoms with Crippen LogP contribution in [0.1, 0.15) is 0 Å². The van der Waals surface area contributed by atoms with Crippen LogP contribution in [0.2, 0.25) is 0 Å². The molecule has 1 fully saturated rings. The van der Waals surface area contributed by atoms with Crippen LogP contribution >= 0.6 is 7.60 Å². The first-order valence-corrected chi connectivity index (χ1v) is 5.79. The van der Waals surface area contributed by atoms with E-state index in [1.807, 2.05) is 0 Å². The summed E-state index contributed by atoms with van der Waals surface area (Å²) in [6.45, 7) is -0.631. The summed E-state index contributed by atoms with van der Waals surface area (Å²) in [5, 5.41) is 17.7. The number of ether oxygens (including phenoxy) is 2. The van der Waals surface area contributed by atoms with Gasteiger partial charge in [-0.1, -0.05) is 0 Å². The van der Waals surface area contributed by atoms with Crippen LogP contribution in [0.3, 0.4) is 0 Å². The molecule has 1 rings (SSSR count). The van der Waals surface area contributed by atoms with Crippen LogP contribution in [0.4, 0.5) is 4.39 Å². The third-order valence-corrected chi connectivity index (χ3v) is 2.32. The minimum Gasteiger partial charge on any atom is -0.809 e. The Labute approximate surface area is 84.6 Å². The number of aliphatic hydroxyl groups excluding tert-OH is 2. The largest absolute Gasteiger partial charge is 0.809 e. The van der Waals surface area contributed by atoms with Gasteiger partial charge in [0.25, 0.3) is 0 Å². The van der Waals surface area contributed by atoms with Crippen molar-refractivity contribution in [3.05, 3.63) is 0 Å². The molecule has 9 heteroatoms. The molecule has 4 atom stereocenters. The second kappa shape index (κ2) is 4.84. The molecule has 0 aromatic heterocycles. The van der Waals surface area contributed by atoms with Crippen molar-refractivity contribution >= 4 is 7.60 Å². The van der Waals surface area contributed by atoms with Gasteiger partial charge in [-0.05, 0) is 7.60 Å². The molecule has 0 bridgehead atoms. The van der Waals surface area contributed by atoms with Crippen LogP contribution in [0.5, 0.6) is 0 Å². The first-order valence-electron chi connectivity index (χ1n) is 4.06. The molecule has 0 aromatic rings. The highest BCUT2D eigenvalue weighted by molar-refractivity contribution is 7.48. The summed E-state index contributed by atoms with van der Waals surface area (Å²) >= 11 is 0. The summed E-state index contributed by atoms with van der Waals surface area (Å²) in [7, 11) is -4.91. The molecular formula is C6H10FO7P-2. The van der Waals surface area contributed by atoms with Gasteiger partial charge in [-0.2, -0.15) is 0 Å². The second-order valence-corrected chi connectivity index (χ2v) is 4.55. The molecular weight excluding hydrogens is 234 g/mol. The molecule has 0 radical (unpaired) electrons. The van der Waals surface area contributed by atoms with Crippen molar-refractivity contribution in [3.8, 4) is 0 Å². The zero-order valence-corrected chi connectivity index (χ0v) is 8.38. The SMILES string of the molecule is O=P([O-])([O-])CO[C@@H]1O[C@H](CO)[C@@H](O)[C@@H]1F. The molecule has 1 aliphatic rings. The van der Waals surface area contributed by atoms with Crippen LogP contribution in [0, 0.1) is 0 Å². The average Bonchev–Trinajstić information content (AvgIpc) is 2.40. The van der Waals surface area contributed by atoms with Crippen molar-refractivity contribution in [1.82, 2.24) is 0 Å². The Bertz CT molecular complexity index is 256. The lowest BCUT2D eigenvalue weighted by Crippen LogP contribution is -2.32. The zero-order valence-electron chi connectivity index (χ0n) is 7.48. The highest BCUT2D eigenvalue weighted by Gasteiger charge is 2.44. The fourth-order valence-electron chi connectivity index (χ4n) is 1.14. The van der Waals surface area contributed by atoms with Gasteiger partial charge in [-0.3, -0.25) is 0 Å². The number of rotatable bonds is 4. The maximum atomic E-state index is 13.1. The van der Waals surface area contributed by atoms with E-state index in [9.17, 15) is 18.7 Å². The number of hydrogen-bond acceptors (Lipinski definition) is 7. The lowest BCUT2D eigenvalue weighted by molar-refractivity contribution is -0.321. The lowest BCUT2D eigenvalue weighted by atomic mass is 10.2. The topological polar surface area (TPSA) is 122 Å². The van der Waals surface area contributed by atoms with Crippen molar-refractivity contribution in [3.63, 3.8) is 0 Å². The quantitative estimate of drug-likeness (QED) is 0.515. The Morgan fingerprint density at radius 3 is 2.53 bits per heavy atom. The predicted octanol–water partition coefficient (Wildman–Crippen LogP) is -2.71. The minimum atomic E-state index is -4.91. The Morgan fingerprint density at radius 2 is 2.13 bits per heavy atom. The van der Waals surface area contributed by atoms with Crippen molar-refractivity contribution in [2.75, 3.05) is 13.0 Å². The average molecular weight is 244 g/mol. The van der Waals surface area contributed by atoms with Gasteiger partial charge in [0.15, 0.2) is 12.5 Å². The maximum Gasteiger partial charge on any atom is 0.192 e. The Morgan fingerprint density at radius 1 is 1.53 bits per heavy atom. The molecule has 7 nitrogen and oxygen atoms in total. The fourth-order valence-corrected chi connectivity index (χ4v) is 1.47. The predicted molar refractivity (Wildman–Crippen MR) is 40.2 cm³/mol. The molecule has 0 aliphatic carbocycles. The van der Waals surface area contributed by atoms with Gasteiger partial charge in [0.2, 0.25) is 0 Å². The highest BCUT2D eigenvalue weighted by atomic mass is 31.2. The number of hydrogen-bond donors (Lipinski definition) is 2. The van der Waals surface area contributed by atoms with Crippen LogP contribution < -0.4 is 9.79 Å². The van der Waals surface area contributed by atoms with Crippen molar-refractivity contribution < 1.29 is 38.4 Å². The van der Waals surface area contributed by atoms with Gasteiger partial charge >= 0.3 is 0 Å². The first-order chi connectivity index (χ1) is 6.85. The molecule has 15 heavy (non-hydrogen) atoms. The third-order valence-electron chi connectivity index (χ3n) is 1.85. The van der Waals surface area contributed by atoms with E-state index in [1.165, 1.54) is 0 Å². The Balaban J connectivity index is 2.47. The van der Waals surface area contributed by atoms with Crippen LogP contribution in [-0.2, 0) is 14.0 Å². The maximum absolute atomic E-state index is 13.1. The summed E-state index contributed by atoms with van der Waals surface area (Å²) in [4.78, 5) is 20.4. The third kappa shape index (κ3) is 3.46. The second-order valence-electron chi connectivity index (χ2n) is 3.07. The molecule has 1 heterocycles. The molecule has 90 valence electrons. The van der Waals surface area contributed by atoms with Gasteiger partial charge in [0.05, 0.1) is 13.0 Å². The molecule has 0 unspecified atom stereocenters.